The fourth-order valence-corrected chi connectivity index (χ4v) is 2.99. The standard InChI is InChI=1S/C23H22N2O5/c1-14-18-12-17(9-10-19(18)25-22(14)28)20(26)13-30-23(29)15(2)24-21(27)11-8-16-6-4-3-5-7-16/h3-12,14-15H,13H2,1-2H3,(H,24,27)(H,25,28)/b11-8+/t14-,15-/m0/s1. The van der Waals surface area contributed by atoms with Crippen molar-refractivity contribution in [2.45, 2.75) is 25.8 Å². The Kier molecular flexibility index (Phi) is 6.41. The van der Waals surface area contributed by atoms with Gasteiger partial charge < -0.3 is 15.4 Å². The third-order valence-corrected chi connectivity index (χ3v) is 4.78. The van der Waals surface area contributed by atoms with E-state index in [0.717, 1.165) is 11.1 Å². The van der Waals surface area contributed by atoms with Gasteiger partial charge in [-0.3, -0.25) is 14.4 Å². The van der Waals surface area contributed by atoms with E-state index < -0.39 is 24.5 Å². The fourth-order valence-electron chi connectivity index (χ4n) is 2.99. The van der Waals surface area contributed by atoms with Crippen LogP contribution in [0.4, 0.5) is 5.69 Å². The zero-order chi connectivity index (χ0) is 21.7. The molecule has 2 aromatic carbocycles. The summed E-state index contributed by atoms with van der Waals surface area (Å²) in [6.07, 6.45) is 2.96. The molecule has 2 aromatic rings. The van der Waals surface area contributed by atoms with E-state index in [0.29, 0.717) is 11.3 Å². The molecular formula is C23H22N2O5. The van der Waals surface area contributed by atoms with Gasteiger partial charge in [-0.25, -0.2) is 4.79 Å². The zero-order valence-electron chi connectivity index (χ0n) is 16.7. The lowest BCUT2D eigenvalue weighted by Gasteiger charge is -2.12. The van der Waals surface area contributed by atoms with Crippen LogP contribution in [0.5, 0.6) is 0 Å². The molecule has 1 aliphatic heterocycles. The number of rotatable bonds is 7. The van der Waals surface area contributed by atoms with Crippen molar-refractivity contribution in [1.82, 2.24) is 5.32 Å². The molecule has 3 rings (SSSR count). The van der Waals surface area contributed by atoms with E-state index in [1.165, 1.54) is 13.0 Å². The van der Waals surface area contributed by atoms with Crippen LogP contribution in [0.1, 0.15) is 41.3 Å². The third kappa shape index (κ3) is 5.00. The number of hydrogen-bond donors (Lipinski definition) is 2. The number of Topliss-reactive ketones (excluding diaryl/α,β-unsaturated/α-hetero) is 1. The van der Waals surface area contributed by atoms with Gasteiger partial charge in [-0.2, -0.15) is 0 Å². The van der Waals surface area contributed by atoms with Gasteiger partial charge in [0.1, 0.15) is 6.04 Å². The van der Waals surface area contributed by atoms with Crippen LogP contribution in [0.3, 0.4) is 0 Å². The summed E-state index contributed by atoms with van der Waals surface area (Å²) in [6, 6.07) is 13.2. The molecule has 0 saturated carbocycles. The number of amides is 2. The average Bonchev–Trinajstić information content (AvgIpc) is 3.04. The first-order valence-electron chi connectivity index (χ1n) is 9.53. The number of anilines is 1. The Morgan fingerprint density at radius 1 is 1.17 bits per heavy atom. The van der Waals surface area contributed by atoms with E-state index in [9.17, 15) is 19.2 Å². The minimum atomic E-state index is -0.910. The van der Waals surface area contributed by atoms with Gasteiger partial charge in [-0.15, -0.1) is 0 Å². The SMILES string of the molecule is C[C@H](NC(=O)/C=C/c1ccccc1)C(=O)OCC(=O)c1ccc2c(c1)[C@H](C)C(=O)N2. The van der Waals surface area contributed by atoms with E-state index in [-0.39, 0.29) is 17.6 Å². The molecule has 154 valence electrons. The summed E-state index contributed by atoms with van der Waals surface area (Å²) >= 11 is 0. The first-order chi connectivity index (χ1) is 14.3. The topological polar surface area (TPSA) is 102 Å². The molecule has 0 aromatic heterocycles. The lowest BCUT2D eigenvalue weighted by Crippen LogP contribution is -2.39. The van der Waals surface area contributed by atoms with Gasteiger partial charge >= 0.3 is 5.97 Å². The van der Waals surface area contributed by atoms with Crippen molar-refractivity contribution < 1.29 is 23.9 Å². The summed E-state index contributed by atoms with van der Waals surface area (Å²) in [4.78, 5) is 48.1. The van der Waals surface area contributed by atoms with Crippen molar-refractivity contribution in [3.8, 4) is 0 Å². The Morgan fingerprint density at radius 2 is 1.90 bits per heavy atom. The first-order valence-corrected chi connectivity index (χ1v) is 9.53. The highest BCUT2D eigenvalue weighted by atomic mass is 16.5. The van der Waals surface area contributed by atoms with Crippen LogP contribution in [0, 0.1) is 0 Å². The summed E-state index contributed by atoms with van der Waals surface area (Å²) in [5.74, 6) is -2.00. The molecule has 0 fully saturated rings. The predicted molar refractivity (Wildman–Crippen MR) is 112 cm³/mol. The Hall–Kier alpha value is -3.74. The molecule has 1 aliphatic rings. The molecule has 2 atom stereocenters. The van der Waals surface area contributed by atoms with Crippen molar-refractivity contribution >= 4 is 35.3 Å². The lowest BCUT2D eigenvalue weighted by molar-refractivity contribution is -0.145. The first kappa shape index (κ1) is 21.0. The maximum atomic E-state index is 12.4. The zero-order valence-corrected chi connectivity index (χ0v) is 16.7. The van der Waals surface area contributed by atoms with Gasteiger partial charge in [-0.05, 0) is 49.2 Å². The van der Waals surface area contributed by atoms with Gasteiger partial charge in [0.15, 0.2) is 12.4 Å². The molecule has 0 saturated heterocycles. The van der Waals surface area contributed by atoms with Crippen molar-refractivity contribution in [2.24, 2.45) is 0 Å². The van der Waals surface area contributed by atoms with Crippen LogP contribution in [0.25, 0.3) is 6.08 Å². The highest BCUT2D eigenvalue weighted by Crippen LogP contribution is 2.32. The Balaban J connectivity index is 1.50. The van der Waals surface area contributed by atoms with Crippen molar-refractivity contribution in [1.29, 1.82) is 0 Å². The number of carbonyl (C=O) groups excluding carboxylic acids is 4. The van der Waals surface area contributed by atoms with Gasteiger partial charge in [0.2, 0.25) is 11.8 Å². The highest BCUT2D eigenvalue weighted by Gasteiger charge is 2.27. The van der Waals surface area contributed by atoms with Gasteiger partial charge in [0.25, 0.3) is 0 Å². The lowest BCUT2D eigenvalue weighted by atomic mass is 9.99. The van der Waals surface area contributed by atoms with Crippen molar-refractivity contribution in [3.05, 3.63) is 71.3 Å². The molecule has 0 aliphatic carbocycles. The smallest absolute Gasteiger partial charge is 0.328 e. The minimum absolute atomic E-state index is 0.119. The molecule has 30 heavy (non-hydrogen) atoms. The second-order valence-corrected chi connectivity index (χ2v) is 7.02. The molecule has 7 nitrogen and oxygen atoms in total. The Bertz CT molecular complexity index is 1010. The van der Waals surface area contributed by atoms with Crippen LogP contribution in [0.15, 0.2) is 54.6 Å². The van der Waals surface area contributed by atoms with E-state index in [2.05, 4.69) is 10.6 Å². The summed E-state index contributed by atoms with van der Waals surface area (Å²) in [5, 5.41) is 5.24. The fraction of sp³-hybridized carbons (Fsp3) is 0.217. The number of ether oxygens (including phenoxy) is 1. The Labute approximate surface area is 174 Å². The maximum Gasteiger partial charge on any atom is 0.328 e. The average molecular weight is 406 g/mol. The quantitative estimate of drug-likeness (QED) is 0.418. The largest absolute Gasteiger partial charge is 0.456 e. The number of benzene rings is 2. The summed E-state index contributed by atoms with van der Waals surface area (Å²) < 4.78 is 5.04. The molecule has 2 N–H and O–H groups in total. The molecular weight excluding hydrogens is 384 g/mol. The van der Waals surface area contributed by atoms with Crippen LogP contribution in [-0.2, 0) is 19.1 Å². The number of hydrogen-bond acceptors (Lipinski definition) is 5. The van der Waals surface area contributed by atoms with Gasteiger partial charge in [-0.1, -0.05) is 30.3 Å². The van der Waals surface area contributed by atoms with Crippen LogP contribution < -0.4 is 10.6 Å². The normalized spacial score (nSPS) is 15.9. The predicted octanol–water partition coefficient (Wildman–Crippen LogP) is 2.69. The second kappa shape index (κ2) is 9.17. The minimum Gasteiger partial charge on any atom is -0.456 e. The van der Waals surface area contributed by atoms with Gasteiger partial charge in [0.05, 0.1) is 5.92 Å². The van der Waals surface area contributed by atoms with Crippen LogP contribution in [0.2, 0.25) is 0 Å². The van der Waals surface area contributed by atoms with Crippen LogP contribution >= 0.6 is 0 Å². The highest BCUT2D eigenvalue weighted by molar-refractivity contribution is 6.05. The van der Waals surface area contributed by atoms with E-state index in [1.54, 1.807) is 31.2 Å². The van der Waals surface area contributed by atoms with E-state index in [4.69, 9.17) is 4.74 Å². The maximum absolute atomic E-state index is 12.4. The summed E-state index contributed by atoms with van der Waals surface area (Å²) in [5.41, 5.74) is 2.63. The number of nitrogens with one attached hydrogen (secondary N) is 2. The summed E-state index contributed by atoms with van der Waals surface area (Å²) in [7, 11) is 0. The van der Waals surface area contributed by atoms with Crippen LogP contribution in [-0.4, -0.2) is 36.2 Å². The second-order valence-electron chi connectivity index (χ2n) is 7.02. The number of esters is 1. The summed E-state index contributed by atoms with van der Waals surface area (Å²) in [6.45, 7) is 2.79. The number of ketones is 1. The molecule has 0 unspecified atom stereocenters. The molecule has 1 heterocycles. The molecule has 7 heteroatoms. The monoisotopic (exact) mass is 406 g/mol. The molecule has 0 spiro atoms. The van der Waals surface area contributed by atoms with E-state index in [1.807, 2.05) is 30.3 Å². The molecule has 0 bridgehead atoms. The Morgan fingerprint density at radius 3 is 2.63 bits per heavy atom. The molecule has 0 radical (unpaired) electrons. The number of fused-ring (bicyclic) bond motifs is 1. The van der Waals surface area contributed by atoms with Gasteiger partial charge in [0, 0.05) is 17.3 Å². The van der Waals surface area contributed by atoms with Crippen molar-refractivity contribution in [2.75, 3.05) is 11.9 Å². The number of carbonyl (C=O) groups is 4. The molecule has 2 amide bonds. The van der Waals surface area contributed by atoms with E-state index >= 15 is 0 Å². The third-order valence-electron chi connectivity index (χ3n) is 4.78. The van der Waals surface area contributed by atoms with Crippen molar-refractivity contribution in [3.63, 3.8) is 0 Å².